The number of thioether (sulfide) groups is 1. The first-order valence-corrected chi connectivity index (χ1v) is 8.54. The van der Waals surface area contributed by atoms with E-state index >= 15 is 0 Å². The number of anilines is 1. The monoisotopic (exact) mass is 334 g/mol. The lowest BCUT2D eigenvalue weighted by atomic mass is 10.2. The Kier molecular flexibility index (Phi) is 6.31. The molecule has 1 N–H and O–H groups in total. The number of amides is 1. The highest BCUT2D eigenvalue weighted by atomic mass is 35.5. The summed E-state index contributed by atoms with van der Waals surface area (Å²) in [6.07, 6.45) is 2.06. The molecule has 22 heavy (non-hydrogen) atoms. The number of benzene rings is 2. The molecule has 3 nitrogen and oxygen atoms in total. The van der Waals surface area contributed by atoms with Crippen molar-refractivity contribution >= 4 is 35.0 Å². The quantitative estimate of drug-likeness (QED) is 0.806. The van der Waals surface area contributed by atoms with Crippen LogP contribution < -0.4 is 5.32 Å². The molecule has 0 aliphatic heterocycles. The van der Waals surface area contributed by atoms with Crippen LogP contribution in [0.4, 0.5) is 5.69 Å². The molecule has 116 valence electrons. The van der Waals surface area contributed by atoms with Crippen LogP contribution >= 0.6 is 23.4 Å². The average molecular weight is 335 g/mol. The van der Waals surface area contributed by atoms with Crippen molar-refractivity contribution in [3.63, 3.8) is 0 Å². The molecule has 0 saturated carbocycles. The second kappa shape index (κ2) is 8.22. The van der Waals surface area contributed by atoms with E-state index in [0.29, 0.717) is 11.6 Å². The minimum Gasteiger partial charge on any atom is -0.325 e. The van der Waals surface area contributed by atoms with Gasteiger partial charge in [-0.3, -0.25) is 9.69 Å². The van der Waals surface area contributed by atoms with Gasteiger partial charge in [0.1, 0.15) is 0 Å². The molecule has 2 rings (SSSR count). The van der Waals surface area contributed by atoms with Crippen molar-refractivity contribution in [1.82, 2.24) is 4.90 Å². The number of carbonyl (C=O) groups is 1. The molecule has 0 aliphatic carbocycles. The van der Waals surface area contributed by atoms with Gasteiger partial charge in [0.2, 0.25) is 5.91 Å². The lowest BCUT2D eigenvalue weighted by Gasteiger charge is -2.16. The fraction of sp³-hybridized carbons (Fsp3) is 0.235. The lowest BCUT2D eigenvalue weighted by molar-refractivity contribution is -0.117. The molecule has 0 fully saturated rings. The van der Waals surface area contributed by atoms with Crippen molar-refractivity contribution in [3.05, 3.63) is 59.1 Å². The molecule has 0 aliphatic rings. The van der Waals surface area contributed by atoms with Gasteiger partial charge in [0.15, 0.2) is 0 Å². The van der Waals surface area contributed by atoms with E-state index < -0.39 is 0 Å². The van der Waals surface area contributed by atoms with Crippen LogP contribution in [-0.2, 0) is 11.3 Å². The molecular formula is C17H19ClN2OS. The number of nitrogens with zero attached hydrogens (tertiary/aromatic N) is 1. The standard InChI is InChI=1S/C17H19ClN2OS/c1-20(11-13-3-9-16(22-2)10-4-13)12-17(21)19-15-7-5-14(18)6-8-15/h3-10H,11-12H2,1-2H3,(H,19,21). The van der Waals surface area contributed by atoms with Crippen molar-refractivity contribution in [3.8, 4) is 0 Å². The first kappa shape index (κ1) is 16.9. The maximum atomic E-state index is 12.0. The number of rotatable bonds is 6. The first-order chi connectivity index (χ1) is 10.6. The van der Waals surface area contributed by atoms with Crippen LogP contribution in [0.5, 0.6) is 0 Å². The van der Waals surface area contributed by atoms with Crippen LogP contribution in [-0.4, -0.2) is 30.7 Å². The van der Waals surface area contributed by atoms with Crippen molar-refractivity contribution < 1.29 is 4.79 Å². The number of carbonyl (C=O) groups excluding carboxylic acids is 1. The highest BCUT2D eigenvalue weighted by molar-refractivity contribution is 7.98. The highest BCUT2D eigenvalue weighted by Crippen LogP contribution is 2.16. The summed E-state index contributed by atoms with van der Waals surface area (Å²) in [7, 11) is 1.93. The zero-order chi connectivity index (χ0) is 15.9. The molecule has 0 heterocycles. The third kappa shape index (κ3) is 5.37. The van der Waals surface area contributed by atoms with Gasteiger partial charge in [-0.25, -0.2) is 0 Å². The number of halogens is 1. The molecule has 0 saturated heterocycles. The van der Waals surface area contributed by atoms with Gasteiger partial charge in [-0.05, 0) is 55.3 Å². The molecule has 0 spiro atoms. The smallest absolute Gasteiger partial charge is 0.238 e. The average Bonchev–Trinajstić information content (AvgIpc) is 2.50. The molecule has 2 aromatic rings. The van der Waals surface area contributed by atoms with E-state index in [1.807, 2.05) is 11.9 Å². The number of nitrogens with one attached hydrogen (secondary N) is 1. The molecule has 5 heteroatoms. The SMILES string of the molecule is CSc1ccc(CN(C)CC(=O)Nc2ccc(Cl)cc2)cc1. The maximum absolute atomic E-state index is 12.0. The van der Waals surface area contributed by atoms with E-state index in [-0.39, 0.29) is 5.91 Å². The van der Waals surface area contributed by atoms with E-state index in [2.05, 4.69) is 35.8 Å². The number of likely N-dealkylation sites (N-methyl/N-ethyl adjacent to an activating group) is 1. The largest absolute Gasteiger partial charge is 0.325 e. The minimum atomic E-state index is -0.0365. The summed E-state index contributed by atoms with van der Waals surface area (Å²) >= 11 is 7.54. The number of hydrogen-bond donors (Lipinski definition) is 1. The van der Waals surface area contributed by atoms with Crippen LogP contribution in [0.1, 0.15) is 5.56 Å². The fourth-order valence-electron chi connectivity index (χ4n) is 2.08. The molecular weight excluding hydrogens is 316 g/mol. The highest BCUT2D eigenvalue weighted by Gasteiger charge is 2.07. The third-order valence-corrected chi connectivity index (χ3v) is 4.15. The Morgan fingerprint density at radius 1 is 1.14 bits per heavy atom. The predicted molar refractivity (Wildman–Crippen MR) is 94.6 cm³/mol. The summed E-state index contributed by atoms with van der Waals surface area (Å²) in [5.41, 5.74) is 1.95. The summed E-state index contributed by atoms with van der Waals surface area (Å²) in [5.74, 6) is -0.0365. The van der Waals surface area contributed by atoms with Gasteiger partial charge in [0, 0.05) is 22.2 Å². The summed E-state index contributed by atoms with van der Waals surface area (Å²) in [5, 5.41) is 3.52. The first-order valence-electron chi connectivity index (χ1n) is 6.93. The van der Waals surface area contributed by atoms with Crippen LogP contribution in [0.25, 0.3) is 0 Å². The van der Waals surface area contributed by atoms with Gasteiger partial charge >= 0.3 is 0 Å². The molecule has 1 amide bonds. The van der Waals surface area contributed by atoms with Gasteiger partial charge < -0.3 is 5.32 Å². The van der Waals surface area contributed by atoms with Gasteiger partial charge in [0.25, 0.3) is 0 Å². The second-order valence-corrected chi connectivity index (χ2v) is 6.39. The molecule has 0 bridgehead atoms. The van der Waals surface area contributed by atoms with Crippen LogP contribution in [0.2, 0.25) is 5.02 Å². The van der Waals surface area contributed by atoms with Crippen molar-refractivity contribution in [1.29, 1.82) is 0 Å². The summed E-state index contributed by atoms with van der Waals surface area (Å²) in [6, 6.07) is 15.5. The Morgan fingerprint density at radius 3 is 2.36 bits per heavy atom. The molecule has 2 aromatic carbocycles. The minimum absolute atomic E-state index is 0.0365. The Hall–Kier alpha value is -1.49. The van der Waals surface area contributed by atoms with E-state index in [9.17, 15) is 4.79 Å². The van der Waals surface area contributed by atoms with E-state index in [0.717, 1.165) is 12.2 Å². The molecule has 0 atom stereocenters. The van der Waals surface area contributed by atoms with Gasteiger partial charge in [0.05, 0.1) is 6.54 Å². The second-order valence-electron chi connectivity index (χ2n) is 5.08. The van der Waals surface area contributed by atoms with Crippen molar-refractivity contribution in [2.75, 3.05) is 25.2 Å². The molecule has 0 radical (unpaired) electrons. The number of hydrogen-bond acceptors (Lipinski definition) is 3. The fourth-order valence-corrected chi connectivity index (χ4v) is 2.61. The maximum Gasteiger partial charge on any atom is 0.238 e. The lowest BCUT2D eigenvalue weighted by Crippen LogP contribution is -2.29. The van der Waals surface area contributed by atoms with Crippen LogP contribution in [0, 0.1) is 0 Å². The third-order valence-electron chi connectivity index (χ3n) is 3.15. The zero-order valence-electron chi connectivity index (χ0n) is 12.7. The van der Waals surface area contributed by atoms with Gasteiger partial charge in [-0.1, -0.05) is 23.7 Å². The normalized spacial score (nSPS) is 10.7. The summed E-state index contributed by atoms with van der Waals surface area (Å²) in [6.45, 7) is 1.08. The van der Waals surface area contributed by atoms with E-state index in [1.165, 1.54) is 10.5 Å². The zero-order valence-corrected chi connectivity index (χ0v) is 14.2. The summed E-state index contributed by atoms with van der Waals surface area (Å²) in [4.78, 5) is 15.2. The van der Waals surface area contributed by atoms with Crippen molar-refractivity contribution in [2.24, 2.45) is 0 Å². The Morgan fingerprint density at radius 2 is 1.77 bits per heavy atom. The predicted octanol–water partition coefficient (Wildman–Crippen LogP) is 4.13. The van der Waals surface area contributed by atoms with Gasteiger partial charge in [-0.15, -0.1) is 11.8 Å². The molecule has 0 aromatic heterocycles. The van der Waals surface area contributed by atoms with Crippen LogP contribution in [0.15, 0.2) is 53.4 Å². The Balaban J connectivity index is 1.83. The van der Waals surface area contributed by atoms with E-state index in [4.69, 9.17) is 11.6 Å². The Labute approximate surface area is 140 Å². The summed E-state index contributed by atoms with van der Waals surface area (Å²) < 4.78 is 0. The topological polar surface area (TPSA) is 32.3 Å². The Bertz CT molecular complexity index is 614. The van der Waals surface area contributed by atoms with Gasteiger partial charge in [-0.2, -0.15) is 0 Å². The molecule has 0 unspecified atom stereocenters. The van der Waals surface area contributed by atoms with Crippen molar-refractivity contribution in [2.45, 2.75) is 11.4 Å². The van der Waals surface area contributed by atoms with E-state index in [1.54, 1.807) is 36.0 Å². The van der Waals surface area contributed by atoms with Crippen LogP contribution in [0.3, 0.4) is 0 Å².